The number of amides is 1. The number of carbonyl (C=O) groups excluding carboxylic acids is 3. The lowest BCUT2D eigenvalue weighted by Gasteiger charge is -2.20. The highest BCUT2D eigenvalue weighted by atomic mass is 19.1. The molecule has 1 amide bonds. The zero-order valence-corrected chi connectivity index (χ0v) is 14.3. The van der Waals surface area contributed by atoms with E-state index in [1.54, 1.807) is 29.2 Å². The lowest BCUT2D eigenvalue weighted by Crippen LogP contribution is -2.28. The quantitative estimate of drug-likeness (QED) is 0.609. The molecule has 1 fully saturated rings. The molecule has 0 aliphatic carbocycles. The van der Waals surface area contributed by atoms with Crippen molar-refractivity contribution in [1.29, 1.82) is 0 Å². The van der Waals surface area contributed by atoms with Crippen LogP contribution in [0.15, 0.2) is 48.5 Å². The van der Waals surface area contributed by atoms with Crippen molar-refractivity contribution in [3.63, 3.8) is 0 Å². The van der Waals surface area contributed by atoms with Crippen LogP contribution in [0.1, 0.15) is 40.5 Å². The number of hydrogen-bond donors (Lipinski definition) is 0. The fourth-order valence-electron chi connectivity index (χ4n) is 2.91. The van der Waals surface area contributed by atoms with Crippen LogP contribution in [0.25, 0.3) is 0 Å². The first kappa shape index (κ1) is 17.8. The fraction of sp³-hybridized carbons (Fsp3) is 0.250. The molecule has 134 valence electrons. The molecule has 0 bridgehead atoms. The minimum absolute atomic E-state index is 0.0410. The van der Waals surface area contributed by atoms with Crippen LogP contribution in [0.2, 0.25) is 0 Å². The van der Waals surface area contributed by atoms with Gasteiger partial charge in [0.25, 0.3) is 0 Å². The van der Waals surface area contributed by atoms with Crippen LogP contribution in [0.4, 0.5) is 10.1 Å². The summed E-state index contributed by atoms with van der Waals surface area (Å²) in [7, 11) is 0. The maximum atomic E-state index is 13.0. The summed E-state index contributed by atoms with van der Waals surface area (Å²) >= 11 is 0. The van der Waals surface area contributed by atoms with Gasteiger partial charge in [-0.15, -0.1) is 0 Å². The predicted octanol–water partition coefficient (Wildman–Crippen LogP) is 3.38. The molecule has 5 nitrogen and oxygen atoms in total. The van der Waals surface area contributed by atoms with Crippen molar-refractivity contribution >= 4 is 23.3 Å². The SMILES string of the molecule is C[C@H](OC(=O)c1ccccc1N1CCCC1=O)C(=O)c1ccc(F)cc1. The summed E-state index contributed by atoms with van der Waals surface area (Å²) in [5.74, 6) is -1.59. The molecule has 0 aromatic heterocycles. The Morgan fingerprint density at radius 1 is 1.12 bits per heavy atom. The second-order valence-electron chi connectivity index (χ2n) is 6.08. The van der Waals surface area contributed by atoms with Crippen LogP contribution in [-0.2, 0) is 9.53 Å². The van der Waals surface area contributed by atoms with Crippen molar-refractivity contribution < 1.29 is 23.5 Å². The molecular formula is C20H18FNO4. The zero-order chi connectivity index (χ0) is 18.7. The monoisotopic (exact) mass is 355 g/mol. The first-order chi connectivity index (χ1) is 12.5. The van der Waals surface area contributed by atoms with Gasteiger partial charge in [0, 0.05) is 18.5 Å². The molecule has 1 heterocycles. The van der Waals surface area contributed by atoms with Gasteiger partial charge in [0.1, 0.15) is 5.82 Å². The molecule has 1 saturated heterocycles. The van der Waals surface area contributed by atoms with E-state index in [-0.39, 0.29) is 17.0 Å². The maximum Gasteiger partial charge on any atom is 0.340 e. The Hall–Kier alpha value is -3.02. The summed E-state index contributed by atoms with van der Waals surface area (Å²) in [6.45, 7) is 2.01. The maximum absolute atomic E-state index is 13.0. The first-order valence-electron chi connectivity index (χ1n) is 8.37. The molecule has 2 aromatic rings. The van der Waals surface area contributed by atoms with E-state index in [1.807, 2.05) is 0 Å². The van der Waals surface area contributed by atoms with Gasteiger partial charge in [-0.05, 0) is 49.7 Å². The van der Waals surface area contributed by atoms with Crippen molar-refractivity contribution in [1.82, 2.24) is 0 Å². The normalized spacial score (nSPS) is 15.0. The van der Waals surface area contributed by atoms with Gasteiger partial charge in [0.2, 0.25) is 11.7 Å². The zero-order valence-electron chi connectivity index (χ0n) is 14.3. The Bertz CT molecular complexity index is 847. The van der Waals surface area contributed by atoms with E-state index in [2.05, 4.69) is 0 Å². The van der Waals surface area contributed by atoms with E-state index in [9.17, 15) is 18.8 Å². The Kier molecular flexibility index (Phi) is 5.11. The number of nitrogens with zero attached hydrogens (tertiary/aromatic N) is 1. The minimum atomic E-state index is -1.03. The van der Waals surface area contributed by atoms with Gasteiger partial charge in [0.05, 0.1) is 11.3 Å². The summed E-state index contributed by atoms with van der Waals surface area (Å²) in [6.07, 6.45) is 0.153. The van der Waals surface area contributed by atoms with Crippen LogP contribution in [0.5, 0.6) is 0 Å². The van der Waals surface area contributed by atoms with E-state index in [4.69, 9.17) is 4.74 Å². The second kappa shape index (κ2) is 7.47. The molecule has 1 aliphatic heterocycles. The number of rotatable bonds is 5. The van der Waals surface area contributed by atoms with E-state index >= 15 is 0 Å². The van der Waals surface area contributed by atoms with Gasteiger partial charge >= 0.3 is 5.97 Å². The second-order valence-corrected chi connectivity index (χ2v) is 6.08. The summed E-state index contributed by atoms with van der Waals surface area (Å²) in [6, 6.07) is 11.7. The third kappa shape index (κ3) is 3.64. The minimum Gasteiger partial charge on any atom is -0.451 e. The number of hydrogen-bond acceptors (Lipinski definition) is 4. The van der Waals surface area contributed by atoms with E-state index in [0.717, 1.165) is 6.42 Å². The van der Waals surface area contributed by atoms with Gasteiger partial charge in [0.15, 0.2) is 6.10 Å². The molecule has 26 heavy (non-hydrogen) atoms. The number of anilines is 1. The number of Topliss-reactive ketones (excluding diaryl/α,β-unsaturated/α-hetero) is 1. The van der Waals surface area contributed by atoms with Crippen LogP contribution < -0.4 is 4.90 Å². The van der Waals surface area contributed by atoms with Crippen LogP contribution in [0.3, 0.4) is 0 Å². The van der Waals surface area contributed by atoms with Gasteiger partial charge in [-0.1, -0.05) is 12.1 Å². The highest BCUT2D eigenvalue weighted by Crippen LogP contribution is 2.26. The highest BCUT2D eigenvalue weighted by Gasteiger charge is 2.27. The van der Waals surface area contributed by atoms with Crippen LogP contribution in [-0.4, -0.2) is 30.3 Å². The summed E-state index contributed by atoms with van der Waals surface area (Å²) in [4.78, 5) is 38.4. The summed E-state index contributed by atoms with van der Waals surface area (Å²) in [5.41, 5.74) is 0.984. The molecule has 0 saturated carbocycles. The smallest absolute Gasteiger partial charge is 0.340 e. The molecule has 3 rings (SSSR count). The third-order valence-corrected chi connectivity index (χ3v) is 4.27. The molecule has 0 radical (unpaired) electrons. The van der Waals surface area contributed by atoms with Crippen LogP contribution >= 0.6 is 0 Å². The highest BCUT2D eigenvalue weighted by molar-refractivity contribution is 6.05. The average molecular weight is 355 g/mol. The number of benzene rings is 2. The van der Waals surface area contributed by atoms with Gasteiger partial charge in [-0.2, -0.15) is 0 Å². The Morgan fingerprint density at radius 2 is 1.81 bits per heavy atom. The molecule has 1 atom stereocenters. The van der Waals surface area contributed by atoms with E-state index in [1.165, 1.54) is 31.2 Å². The number of ether oxygens (including phenoxy) is 1. The van der Waals surface area contributed by atoms with Gasteiger partial charge < -0.3 is 9.64 Å². The first-order valence-corrected chi connectivity index (χ1v) is 8.37. The topological polar surface area (TPSA) is 63.7 Å². The molecule has 0 N–H and O–H groups in total. The third-order valence-electron chi connectivity index (χ3n) is 4.27. The fourth-order valence-corrected chi connectivity index (χ4v) is 2.91. The predicted molar refractivity (Wildman–Crippen MR) is 93.6 cm³/mol. The van der Waals surface area contributed by atoms with E-state index < -0.39 is 23.7 Å². The van der Waals surface area contributed by atoms with Gasteiger partial charge in [-0.3, -0.25) is 9.59 Å². The number of para-hydroxylation sites is 1. The molecule has 6 heteroatoms. The van der Waals surface area contributed by atoms with Crippen LogP contribution in [0, 0.1) is 5.82 Å². The molecule has 0 spiro atoms. The van der Waals surface area contributed by atoms with E-state index in [0.29, 0.717) is 18.7 Å². The molecule has 0 unspecified atom stereocenters. The number of carbonyl (C=O) groups is 3. The number of ketones is 1. The number of halogens is 1. The standard InChI is InChI=1S/C20H18FNO4/c1-13(19(24)14-8-10-15(21)11-9-14)26-20(25)16-5-2-3-6-17(16)22-12-4-7-18(22)23/h2-3,5-6,8-11,13H,4,7,12H2,1H3/t13-/m0/s1. The van der Waals surface area contributed by atoms with Gasteiger partial charge in [-0.25, -0.2) is 9.18 Å². The van der Waals surface area contributed by atoms with Crippen molar-refractivity contribution in [3.05, 3.63) is 65.5 Å². The van der Waals surface area contributed by atoms with Crippen molar-refractivity contribution in [2.75, 3.05) is 11.4 Å². The molecular weight excluding hydrogens is 337 g/mol. The Labute approximate surface area is 150 Å². The lowest BCUT2D eigenvalue weighted by molar-refractivity contribution is -0.117. The molecule has 1 aliphatic rings. The summed E-state index contributed by atoms with van der Waals surface area (Å²) < 4.78 is 18.3. The Balaban J connectivity index is 1.77. The summed E-state index contributed by atoms with van der Waals surface area (Å²) in [5, 5.41) is 0. The largest absolute Gasteiger partial charge is 0.451 e. The van der Waals surface area contributed by atoms with Crippen molar-refractivity contribution in [2.24, 2.45) is 0 Å². The number of esters is 1. The van der Waals surface area contributed by atoms with Crippen molar-refractivity contribution in [2.45, 2.75) is 25.9 Å². The lowest BCUT2D eigenvalue weighted by atomic mass is 10.1. The average Bonchev–Trinajstić information content (AvgIpc) is 3.07. The molecule has 2 aromatic carbocycles. The van der Waals surface area contributed by atoms with Crippen molar-refractivity contribution in [3.8, 4) is 0 Å². The Morgan fingerprint density at radius 3 is 2.46 bits per heavy atom.